The highest BCUT2D eigenvalue weighted by atomic mass is 19.3. The minimum atomic E-state index is -3.11. The third kappa shape index (κ3) is 3.30. The molecule has 0 aromatic carbocycles. The zero-order chi connectivity index (χ0) is 20.9. The Balaban J connectivity index is 1.76. The molecule has 0 spiro atoms. The van der Waals surface area contributed by atoms with Crippen molar-refractivity contribution in [2.45, 2.75) is 50.4 Å². The zero-order valence-corrected chi connectivity index (χ0v) is 14.9. The van der Waals surface area contributed by atoms with Crippen LogP contribution in [0.3, 0.4) is 0 Å². The summed E-state index contributed by atoms with van der Waals surface area (Å²) in [6.45, 7) is -3.05. The second kappa shape index (κ2) is 6.94. The number of alkyl halides is 4. The molecule has 7 nitrogen and oxygen atoms in total. The number of pyridine rings is 1. The first-order chi connectivity index (χ1) is 13.7. The first kappa shape index (κ1) is 19.6. The van der Waals surface area contributed by atoms with E-state index < -0.39 is 36.3 Å². The first-order valence-electron chi connectivity index (χ1n) is 8.92. The summed E-state index contributed by atoms with van der Waals surface area (Å²) in [6, 6.07) is -2.49. The van der Waals surface area contributed by atoms with Crippen molar-refractivity contribution in [3.8, 4) is 11.3 Å². The van der Waals surface area contributed by atoms with Crippen molar-refractivity contribution in [2.24, 2.45) is 5.73 Å². The van der Waals surface area contributed by atoms with Gasteiger partial charge in [0.25, 0.3) is 11.8 Å². The van der Waals surface area contributed by atoms with Crippen LogP contribution < -0.4 is 16.4 Å². The Morgan fingerprint density at radius 1 is 1.38 bits per heavy atom. The number of aromatic nitrogens is 3. The molecule has 4 N–H and O–H groups in total. The second-order valence-corrected chi connectivity index (χ2v) is 7.08. The smallest absolute Gasteiger partial charge is 0.333 e. The Kier molecular flexibility index (Phi) is 4.68. The molecule has 2 aliphatic rings. The van der Waals surface area contributed by atoms with Crippen LogP contribution in [0.25, 0.3) is 11.3 Å². The van der Waals surface area contributed by atoms with E-state index in [1.165, 1.54) is 0 Å². The van der Waals surface area contributed by atoms with Crippen molar-refractivity contribution in [3.63, 3.8) is 0 Å². The maximum absolute atomic E-state index is 15.0. The van der Waals surface area contributed by atoms with Gasteiger partial charge in [-0.25, -0.2) is 22.8 Å². The van der Waals surface area contributed by atoms with Crippen LogP contribution in [0.2, 0.25) is 0 Å². The van der Waals surface area contributed by atoms with Crippen molar-refractivity contribution in [3.05, 3.63) is 29.3 Å². The molecular weight excluding hydrogens is 399 g/mol. The molecule has 1 aliphatic carbocycles. The van der Waals surface area contributed by atoms with Gasteiger partial charge in [-0.2, -0.15) is 13.9 Å². The molecule has 0 unspecified atom stereocenters. The number of nitrogens with one attached hydrogen (secondary N) is 2. The SMILES string of the molecule is N[C@@H]1[C@H](Nc2nc(-c3cnn(C(F)F)c3)c3c(c2F)CNC3=O)CCCC1(F)F. The molecular formula is C17H17F5N6O. The number of halogens is 5. The van der Waals surface area contributed by atoms with Crippen LogP contribution in [0, 0.1) is 5.82 Å². The highest BCUT2D eigenvalue weighted by Crippen LogP contribution is 2.36. The van der Waals surface area contributed by atoms with Crippen molar-refractivity contribution in [2.75, 3.05) is 5.32 Å². The van der Waals surface area contributed by atoms with E-state index in [1.54, 1.807) is 0 Å². The van der Waals surface area contributed by atoms with E-state index in [0.29, 0.717) is 4.68 Å². The summed E-state index contributed by atoms with van der Waals surface area (Å²) in [4.78, 5) is 16.2. The molecule has 3 heterocycles. The van der Waals surface area contributed by atoms with Crippen molar-refractivity contribution < 1.29 is 26.7 Å². The van der Waals surface area contributed by atoms with Gasteiger partial charge >= 0.3 is 6.55 Å². The second-order valence-electron chi connectivity index (χ2n) is 7.08. The monoisotopic (exact) mass is 416 g/mol. The fourth-order valence-corrected chi connectivity index (χ4v) is 3.69. The van der Waals surface area contributed by atoms with Gasteiger partial charge in [0.2, 0.25) is 0 Å². The van der Waals surface area contributed by atoms with Gasteiger partial charge in [-0.3, -0.25) is 4.79 Å². The molecule has 2 aromatic heterocycles. The van der Waals surface area contributed by atoms with Gasteiger partial charge in [0.15, 0.2) is 11.6 Å². The Morgan fingerprint density at radius 2 is 2.14 bits per heavy atom. The minimum absolute atomic E-state index is 0.0246. The van der Waals surface area contributed by atoms with Crippen LogP contribution in [0.5, 0.6) is 0 Å². The van der Waals surface area contributed by atoms with Gasteiger partial charge in [-0.05, 0) is 12.8 Å². The van der Waals surface area contributed by atoms with Crippen LogP contribution in [-0.2, 0) is 6.54 Å². The lowest BCUT2D eigenvalue weighted by Crippen LogP contribution is -2.55. The Hall–Kier alpha value is -2.76. The minimum Gasteiger partial charge on any atom is -0.363 e. The number of fused-ring (bicyclic) bond motifs is 1. The van der Waals surface area contributed by atoms with Gasteiger partial charge in [0, 0.05) is 36.3 Å². The highest BCUT2D eigenvalue weighted by molar-refractivity contribution is 6.04. The number of carbonyl (C=O) groups is 1. The molecule has 1 saturated carbocycles. The van der Waals surface area contributed by atoms with E-state index in [-0.39, 0.29) is 54.0 Å². The molecule has 1 aliphatic heterocycles. The Morgan fingerprint density at radius 3 is 2.83 bits per heavy atom. The summed E-state index contributed by atoms with van der Waals surface area (Å²) in [5.41, 5.74) is 5.53. The number of anilines is 1. The first-order valence-corrected chi connectivity index (χ1v) is 8.92. The lowest BCUT2D eigenvalue weighted by molar-refractivity contribution is -0.0555. The molecule has 1 amide bonds. The fourth-order valence-electron chi connectivity index (χ4n) is 3.69. The van der Waals surface area contributed by atoms with Crippen molar-refractivity contribution in [1.82, 2.24) is 20.1 Å². The van der Waals surface area contributed by atoms with E-state index in [2.05, 4.69) is 20.7 Å². The quantitative estimate of drug-likeness (QED) is 0.666. The molecule has 0 bridgehead atoms. The number of nitrogens with two attached hydrogens (primary N) is 1. The van der Waals surface area contributed by atoms with E-state index >= 15 is 0 Å². The molecule has 2 aromatic rings. The molecule has 12 heteroatoms. The zero-order valence-electron chi connectivity index (χ0n) is 14.9. The number of rotatable bonds is 4. The van der Waals surface area contributed by atoms with Crippen LogP contribution >= 0.6 is 0 Å². The topological polar surface area (TPSA) is 97.9 Å². The summed E-state index contributed by atoms with van der Waals surface area (Å²) < 4.78 is 68.9. The van der Waals surface area contributed by atoms with Crippen molar-refractivity contribution in [1.29, 1.82) is 0 Å². The lowest BCUT2D eigenvalue weighted by Gasteiger charge is -2.36. The molecule has 4 rings (SSSR count). The molecule has 29 heavy (non-hydrogen) atoms. The number of carbonyl (C=O) groups excluding carboxylic acids is 1. The average Bonchev–Trinajstić information content (AvgIpc) is 3.29. The summed E-state index contributed by atoms with van der Waals surface area (Å²) in [7, 11) is 0. The highest BCUT2D eigenvalue weighted by Gasteiger charge is 2.45. The predicted octanol–water partition coefficient (Wildman–Crippen LogP) is 2.65. The average molecular weight is 416 g/mol. The van der Waals surface area contributed by atoms with E-state index in [9.17, 15) is 26.7 Å². The third-order valence-corrected chi connectivity index (χ3v) is 5.23. The van der Waals surface area contributed by atoms with Crippen LogP contribution in [-0.4, -0.2) is 38.7 Å². The number of hydrogen-bond acceptors (Lipinski definition) is 5. The van der Waals surface area contributed by atoms with E-state index in [1.807, 2.05) is 0 Å². The van der Waals surface area contributed by atoms with Gasteiger partial charge < -0.3 is 16.4 Å². The van der Waals surface area contributed by atoms with Crippen molar-refractivity contribution >= 4 is 11.7 Å². The normalized spacial score (nSPS) is 23.2. The van der Waals surface area contributed by atoms with E-state index in [0.717, 1.165) is 12.4 Å². The molecule has 156 valence electrons. The molecule has 1 fully saturated rings. The molecule has 0 saturated heterocycles. The fraction of sp³-hybridized carbons (Fsp3) is 0.471. The summed E-state index contributed by atoms with van der Waals surface area (Å²) in [5, 5.41) is 8.59. The van der Waals surface area contributed by atoms with Gasteiger partial charge in [-0.1, -0.05) is 0 Å². The number of nitrogens with zero attached hydrogens (tertiary/aromatic N) is 3. The standard InChI is InChI=1S/C17H17F5N6O/c18-11-8-5-24-15(29)10(8)12(7-4-25-28(6-7)16(19)20)27-14(11)26-9-2-1-3-17(21,22)13(9)23/h4,6,9,13,16H,1-3,5,23H2,(H,24,29)(H,26,27)/t9-,13-/m1/s1. The summed E-state index contributed by atoms with van der Waals surface area (Å²) in [5.74, 6) is -4.96. The number of hydrogen-bond donors (Lipinski definition) is 3. The summed E-state index contributed by atoms with van der Waals surface area (Å²) >= 11 is 0. The van der Waals surface area contributed by atoms with Crippen LogP contribution in [0.4, 0.5) is 27.8 Å². The molecule has 2 atom stereocenters. The lowest BCUT2D eigenvalue weighted by atomic mass is 9.87. The molecule has 0 radical (unpaired) electrons. The predicted molar refractivity (Wildman–Crippen MR) is 92.0 cm³/mol. The number of amides is 1. The Labute approximate surface area is 161 Å². The maximum atomic E-state index is 15.0. The van der Waals surface area contributed by atoms with Crippen LogP contribution in [0.15, 0.2) is 12.4 Å². The Bertz CT molecular complexity index is 962. The van der Waals surface area contributed by atoms with E-state index in [4.69, 9.17) is 5.73 Å². The van der Waals surface area contributed by atoms with Gasteiger partial charge in [0.1, 0.15) is 0 Å². The van der Waals surface area contributed by atoms with Crippen LogP contribution in [0.1, 0.15) is 41.7 Å². The maximum Gasteiger partial charge on any atom is 0.333 e. The third-order valence-electron chi connectivity index (χ3n) is 5.23. The van der Waals surface area contributed by atoms with Gasteiger partial charge in [-0.15, -0.1) is 0 Å². The van der Waals surface area contributed by atoms with Gasteiger partial charge in [0.05, 0.1) is 23.5 Å². The largest absolute Gasteiger partial charge is 0.363 e. The summed E-state index contributed by atoms with van der Waals surface area (Å²) in [6.07, 6.45) is 2.16.